The van der Waals surface area contributed by atoms with E-state index in [2.05, 4.69) is 43.7 Å². The van der Waals surface area contributed by atoms with Gasteiger partial charge in [-0.1, -0.05) is 0 Å². The van der Waals surface area contributed by atoms with Crippen LogP contribution >= 0.6 is 0 Å². The molecule has 148 valence electrons. The summed E-state index contributed by atoms with van der Waals surface area (Å²) in [6, 6.07) is 6.38. The minimum Gasteiger partial charge on any atom is -0.354 e. The maximum Gasteiger partial charge on any atom is 0.276 e. The molecule has 1 saturated carbocycles. The molecule has 0 atom stereocenters. The molecule has 0 unspecified atom stereocenters. The lowest BCUT2D eigenvalue weighted by Crippen LogP contribution is -2.23. The molecule has 1 fully saturated rings. The van der Waals surface area contributed by atoms with Crippen LogP contribution in [0.5, 0.6) is 0 Å². The Kier molecular flexibility index (Phi) is 3.53. The van der Waals surface area contributed by atoms with E-state index in [-0.39, 0.29) is 5.91 Å². The fourth-order valence-corrected chi connectivity index (χ4v) is 3.98. The largest absolute Gasteiger partial charge is 0.354 e. The van der Waals surface area contributed by atoms with Gasteiger partial charge in [0.2, 0.25) is 0 Å². The first kappa shape index (κ1) is 17.2. The van der Waals surface area contributed by atoms with E-state index < -0.39 is 0 Å². The van der Waals surface area contributed by atoms with E-state index in [1.807, 2.05) is 38.3 Å². The highest BCUT2D eigenvalue weighted by Gasteiger charge is 2.28. The van der Waals surface area contributed by atoms with Crippen LogP contribution in [0.3, 0.4) is 0 Å². The normalized spacial score (nSPS) is 16.7. The number of hydrogen-bond donors (Lipinski definition) is 3. The van der Waals surface area contributed by atoms with Crippen LogP contribution in [0.1, 0.15) is 57.5 Å². The third kappa shape index (κ3) is 2.84. The number of nitrogens with zero attached hydrogens (tertiary/aromatic N) is 2. The Morgan fingerprint density at radius 2 is 2.03 bits per heavy atom. The molecule has 1 amide bonds. The minimum atomic E-state index is -0.204. The van der Waals surface area contributed by atoms with Crippen LogP contribution in [0.25, 0.3) is 22.9 Å². The number of aryl methyl sites for hydroxylation is 1. The Hall–Kier alpha value is -3.67. The van der Waals surface area contributed by atoms with Crippen molar-refractivity contribution in [1.29, 1.82) is 0 Å². The molecule has 3 N–H and O–H groups in total. The summed E-state index contributed by atoms with van der Waals surface area (Å²) in [4.78, 5) is 20.8. The molecule has 3 heterocycles. The lowest BCUT2D eigenvalue weighted by Gasteiger charge is -2.04. The molecule has 6 rings (SSSR count). The van der Waals surface area contributed by atoms with Crippen LogP contribution < -0.4 is 5.32 Å². The number of carbonyl (C=O) groups excluding carboxylic acids is 1. The number of aromatic nitrogens is 4. The summed E-state index contributed by atoms with van der Waals surface area (Å²) in [6.07, 6.45) is 10.5. The second-order valence-corrected chi connectivity index (χ2v) is 8.29. The molecule has 0 bridgehead atoms. The highest BCUT2D eigenvalue weighted by Crippen LogP contribution is 2.44. The summed E-state index contributed by atoms with van der Waals surface area (Å²) < 4.78 is 0. The van der Waals surface area contributed by atoms with Gasteiger partial charge in [-0.15, -0.1) is 0 Å². The van der Waals surface area contributed by atoms with Gasteiger partial charge in [0.05, 0.1) is 5.69 Å². The topological polar surface area (TPSA) is 86.5 Å². The Balaban J connectivity index is 1.33. The maximum atomic E-state index is 12.7. The van der Waals surface area contributed by atoms with Gasteiger partial charge >= 0.3 is 0 Å². The first-order chi connectivity index (χ1) is 14.6. The molecule has 30 heavy (non-hydrogen) atoms. The first-order valence-electron chi connectivity index (χ1n) is 10.2. The molecular weight excluding hydrogens is 374 g/mol. The molecular formula is C24H21N5O. The van der Waals surface area contributed by atoms with E-state index in [0.29, 0.717) is 11.6 Å². The van der Waals surface area contributed by atoms with Crippen molar-refractivity contribution in [2.45, 2.75) is 32.6 Å². The van der Waals surface area contributed by atoms with Crippen molar-refractivity contribution in [2.75, 3.05) is 0 Å². The zero-order valence-corrected chi connectivity index (χ0v) is 16.8. The van der Waals surface area contributed by atoms with Gasteiger partial charge in [-0.2, -0.15) is 5.10 Å². The summed E-state index contributed by atoms with van der Waals surface area (Å²) in [5, 5.41) is 10.0. The van der Waals surface area contributed by atoms with Crippen LogP contribution in [-0.4, -0.2) is 26.1 Å². The Bertz CT molecular complexity index is 1310. The second-order valence-electron chi connectivity index (χ2n) is 8.29. The predicted molar refractivity (Wildman–Crippen MR) is 116 cm³/mol. The number of allylic oxidation sites excluding steroid dienone is 4. The number of nitrogens with one attached hydrogen (secondary N) is 3. The highest BCUT2D eigenvalue weighted by molar-refractivity contribution is 6.03. The van der Waals surface area contributed by atoms with Gasteiger partial charge in [0.15, 0.2) is 5.69 Å². The van der Waals surface area contributed by atoms with Crippen molar-refractivity contribution in [1.82, 2.24) is 25.5 Å². The average molecular weight is 395 g/mol. The number of carbonyl (C=O) groups is 1. The molecule has 3 aromatic heterocycles. The molecule has 0 radical (unpaired) electrons. The van der Waals surface area contributed by atoms with Gasteiger partial charge in [-0.05, 0) is 68.7 Å². The Morgan fingerprint density at radius 3 is 2.80 bits per heavy atom. The summed E-state index contributed by atoms with van der Waals surface area (Å²) in [6.45, 7) is 3.81. The Morgan fingerprint density at radius 1 is 1.17 bits per heavy atom. The van der Waals surface area contributed by atoms with Crippen molar-refractivity contribution < 1.29 is 4.79 Å². The minimum absolute atomic E-state index is 0.204. The van der Waals surface area contributed by atoms with Crippen molar-refractivity contribution >= 4 is 17.6 Å². The monoisotopic (exact) mass is 395 g/mol. The third-order valence-electron chi connectivity index (χ3n) is 6.08. The van der Waals surface area contributed by atoms with Gasteiger partial charge in [0.25, 0.3) is 5.91 Å². The van der Waals surface area contributed by atoms with Crippen LogP contribution in [0, 0.1) is 13.8 Å². The number of aromatic amines is 2. The molecule has 6 heteroatoms. The zero-order chi connectivity index (χ0) is 20.4. The number of fused-ring (bicyclic) bond motifs is 3. The van der Waals surface area contributed by atoms with E-state index in [9.17, 15) is 4.79 Å². The van der Waals surface area contributed by atoms with E-state index >= 15 is 0 Å². The van der Waals surface area contributed by atoms with Crippen LogP contribution in [0.15, 0.2) is 47.8 Å². The predicted octanol–water partition coefficient (Wildman–Crippen LogP) is 4.40. The van der Waals surface area contributed by atoms with E-state index in [0.717, 1.165) is 45.0 Å². The van der Waals surface area contributed by atoms with Crippen molar-refractivity contribution in [3.05, 3.63) is 81.7 Å². The van der Waals surface area contributed by atoms with Crippen molar-refractivity contribution in [3.63, 3.8) is 0 Å². The SMILES string of the molecule is Cc1[nH]nc(C(=O)NC2=Cc3cc(-c4ccnc(C5CC5)c4)[nH]c3C3=CC3=C2)c1C. The van der Waals surface area contributed by atoms with E-state index in [1.54, 1.807) is 0 Å². The lowest BCUT2D eigenvalue weighted by atomic mass is 10.1. The van der Waals surface area contributed by atoms with Gasteiger partial charge in [-0.25, -0.2) is 0 Å². The zero-order valence-electron chi connectivity index (χ0n) is 16.8. The third-order valence-corrected chi connectivity index (χ3v) is 6.08. The quantitative estimate of drug-likeness (QED) is 0.612. The Labute approximate surface area is 173 Å². The maximum absolute atomic E-state index is 12.7. The molecule has 3 aliphatic rings. The van der Waals surface area contributed by atoms with Crippen molar-refractivity contribution in [3.8, 4) is 11.3 Å². The van der Waals surface area contributed by atoms with Gasteiger partial charge in [-0.3, -0.25) is 14.9 Å². The van der Waals surface area contributed by atoms with Gasteiger partial charge < -0.3 is 10.3 Å². The van der Waals surface area contributed by atoms with E-state index in [4.69, 9.17) is 0 Å². The van der Waals surface area contributed by atoms with E-state index in [1.165, 1.54) is 24.1 Å². The number of hydrogen-bond acceptors (Lipinski definition) is 3. The fraction of sp³-hybridized carbons (Fsp3) is 0.208. The molecule has 0 aromatic carbocycles. The van der Waals surface area contributed by atoms with Crippen LogP contribution in [0.4, 0.5) is 0 Å². The van der Waals surface area contributed by atoms with Gasteiger partial charge in [0, 0.05) is 57.2 Å². The fourth-order valence-electron chi connectivity index (χ4n) is 3.98. The molecule has 3 aromatic rings. The lowest BCUT2D eigenvalue weighted by molar-refractivity contribution is 0.0962. The first-order valence-corrected chi connectivity index (χ1v) is 10.2. The number of pyridine rings is 1. The summed E-state index contributed by atoms with van der Waals surface area (Å²) in [5.74, 6) is 0.416. The smallest absolute Gasteiger partial charge is 0.276 e. The summed E-state index contributed by atoms with van der Waals surface area (Å²) in [5.41, 5.74) is 10.8. The van der Waals surface area contributed by atoms with Crippen LogP contribution in [-0.2, 0) is 0 Å². The second kappa shape index (κ2) is 6.16. The molecule has 6 nitrogen and oxygen atoms in total. The number of rotatable bonds is 4. The number of H-pyrrole nitrogens is 2. The molecule has 0 saturated heterocycles. The highest BCUT2D eigenvalue weighted by atomic mass is 16.2. The molecule has 3 aliphatic carbocycles. The van der Waals surface area contributed by atoms with Crippen LogP contribution in [0.2, 0.25) is 0 Å². The standard InChI is InChI=1S/C24H21N5O/c1-12-13(2)28-29-22(12)24(30)26-18-7-16-9-19(16)23-17(8-18)11-21(27-23)15-5-6-25-20(10-15)14-3-4-14/h5-11,14,27H,3-4H2,1-2H3,(H,26,30)(H,28,29). The molecule has 0 spiro atoms. The summed E-state index contributed by atoms with van der Waals surface area (Å²) >= 11 is 0. The average Bonchev–Trinajstić information content (AvgIpc) is 3.65. The summed E-state index contributed by atoms with van der Waals surface area (Å²) in [7, 11) is 0. The van der Waals surface area contributed by atoms with Crippen molar-refractivity contribution in [2.24, 2.45) is 0 Å². The number of amides is 1. The molecule has 0 aliphatic heterocycles. The van der Waals surface area contributed by atoms with Gasteiger partial charge in [0.1, 0.15) is 0 Å².